The van der Waals surface area contributed by atoms with Gasteiger partial charge >= 0.3 is 0 Å². The van der Waals surface area contributed by atoms with Gasteiger partial charge in [-0.15, -0.1) is 0 Å². The summed E-state index contributed by atoms with van der Waals surface area (Å²) >= 11 is 0. The molecule has 4 heteroatoms. The molecule has 0 N–H and O–H groups in total. The molecule has 0 saturated heterocycles. The zero-order chi connectivity index (χ0) is 21.9. The van der Waals surface area contributed by atoms with Crippen LogP contribution in [0.5, 0.6) is 0 Å². The first-order valence-corrected chi connectivity index (χ1v) is 10.6. The van der Waals surface area contributed by atoms with E-state index in [9.17, 15) is 9.59 Å². The third-order valence-corrected chi connectivity index (χ3v) is 5.73. The van der Waals surface area contributed by atoms with Crippen LogP contribution in [0.25, 0.3) is 0 Å². The van der Waals surface area contributed by atoms with Gasteiger partial charge in [-0.25, -0.2) is 0 Å². The number of nitrogens with zero attached hydrogens (tertiary/aromatic N) is 2. The van der Waals surface area contributed by atoms with Gasteiger partial charge in [0.15, 0.2) is 23.7 Å². The minimum absolute atomic E-state index is 0.115. The third kappa shape index (κ3) is 3.46. The zero-order valence-electron chi connectivity index (χ0n) is 17.4. The van der Waals surface area contributed by atoms with Crippen molar-refractivity contribution in [1.82, 2.24) is 0 Å². The predicted molar refractivity (Wildman–Crippen MR) is 128 cm³/mol. The maximum Gasteiger partial charge on any atom is 0.193 e. The Bertz CT molecular complexity index is 1020. The number of benzene rings is 4. The maximum absolute atomic E-state index is 13.6. The Hall–Kier alpha value is -4.18. The van der Waals surface area contributed by atoms with Crippen molar-refractivity contribution in [3.8, 4) is 0 Å². The second kappa shape index (κ2) is 8.52. The molecule has 4 nitrogen and oxygen atoms in total. The summed E-state index contributed by atoms with van der Waals surface area (Å²) in [7, 11) is 0. The van der Waals surface area contributed by atoms with Crippen LogP contribution < -0.4 is 9.80 Å². The third-order valence-electron chi connectivity index (χ3n) is 5.73. The Morgan fingerprint density at radius 2 is 0.594 bits per heavy atom. The van der Waals surface area contributed by atoms with E-state index in [0.717, 1.165) is 22.7 Å². The number of carbonyl (C=O) groups excluding carboxylic acids is 2. The molecule has 0 heterocycles. The summed E-state index contributed by atoms with van der Waals surface area (Å²) in [5.41, 5.74) is 3.26. The van der Waals surface area contributed by atoms with Crippen molar-refractivity contribution in [2.45, 2.75) is 12.1 Å². The average Bonchev–Trinajstić information content (AvgIpc) is 2.87. The van der Waals surface area contributed by atoms with Crippen LogP contribution >= 0.6 is 0 Å². The molecule has 1 aliphatic rings. The van der Waals surface area contributed by atoms with Crippen LogP contribution in [0.1, 0.15) is 0 Å². The Morgan fingerprint density at radius 1 is 0.375 bits per heavy atom. The fourth-order valence-corrected chi connectivity index (χ4v) is 4.24. The van der Waals surface area contributed by atoms with Crippen molar-refractivity contribution in [3.05, 3.63) is 121 Å². The van der Waals surface area contributed by atoms with Crippen molar-refractivity contribution < 1.29 is 9.59 Å². The number of hydrogen-bond acceptors (Lipinski definition) is 4. The number of rotatable bonds is 6. The molecule has 0 amide bonds. The molecule has 0 bridgehead atoms. The number of para-hydroxylation sites is 4. The van der Waals surface area contributed by atoms with Crippen molar-refractivity contribution in [1.29, 1.82) is 0 Å². The fraction of sp³-hybridized carbons (Fsp3) is 0.0714. The molecule has 4 aromatic carbocycles. The Morgan fingerprint density at radius 3 is 0.812 bits per heavy atom. The first-order chi connectivity index (χ1) is 15.8. The van der Waals surface area contributed by atoms with E-state index >= 15 is 0 Å². The molecule has 0 radical (unpaired) electrons. The quantitative estimate of drug-likeness (QED) is 0.385. The van der Waals surface area contributed by atoms with E-state index < -0.39 is 12.1 Å². The number of carbonyl (C=O) groups is 2. The molecule has 0 atom stereocenters. The van der Waals surface area contributed by atoms with Crippen LogP contribution in [0.2, 0.25) is 0 Å². The lowest BCUT2D eigenvalue weighted by atomic mass is 9.79. The zero-order valence-corrected chi connectivity index (χ0v) is 17.4. The molecule has 5 rings (SSSR count). The summed E-state index contributed by atoms with van der Waals surface area (Å²) in [5.74, 6) is -0.231. The number of Topliss-reactive ketones (excluding diaryl/α,β-unsaturated/α-hetero) is 2. The Kier molecular flexibility index (Phi) is 5.26. The molecule has 0 aromatic heterocycles. The van der Waals surface area contributed by atoms with Crippen molar-refractivity contribution in [2.24, 2.45) is 0 Å². The fourth-order valence-electron chi connectivity index (χ4n) is 4.24. The molecule has 0 unspecified atom stereocenters. The summed E-state index contributed by atoms with van der Waals surface area (Å²) in [6, 6.07) is 36.7. The van der Waals surface area contributed by atoms with Gasteiger partial charge in [-0.1, -0.05) is 72.8 Å². The largest absolute Gasteiger partial charge is 0.324 e. The van der Waals surface area contributed by atoms with E-state index in [1.54, 1.807) is 0 Å². The molecular formula is C28H22N2O2. The van der Waals surface area contributed by atoms with E-state index in [4.69, 9.17) is 0 Å². The smallest absolute Gasteiger partial charge is 0.193 e. The molecule has 1 fully saturated rings. The summed E-state index contributed by atoms with van der Waals surface area (Å²) in [6.45, 7) is 0. The van der Waals surface area contributed by atoms with Gasteiger partial charge in [-0.3, -0.25) is 9.59 Å². The van der Waals surface area contributed by atoms with Crippen molar-refractivity contribution in [2.75, 3.05) is 9.80 Å². The molecule has 1 saturated carbocycles. The second-order valence-electron chi connectivity index (χ2n) is 7.69. The van der Waals surface area contributed by atoms with Crippen LogP contribution in [0.4, 0.5) is 22.7 Å². The topological polar surface area (TPSA) is 40.6 Å². The van der Waals surface area contributed by atoms with Gasteiger partial charge < -0.3 is 9.80 Å². The number of ketones is 2. The lowest BCUT2D eigenvalue weighted by Gasteiger charge is -2.45. The number of hydrogen-bond donors (Lipinski definition) is 0. The van der Waals surface area contributed by atoms with E-state index in [1.165, 1.54) is 0 Å². The van der Waals surface area contributed by atoms with Gasteiger partial charge in [0.25, 0.3) is 0 Å². The van der Waals surface area contributed by atoms with Crippen molar-refractivity contribution in [3.63, 3.8) is 0 Å². The van der Waals surface area contributed by atoms with Gasteiger partial charge in [-0.2, -0.15) is 0 Å². The van der Waals surface area contributed by atoms with Crippen LogP contribution in [0.3, 0.4) is 0 Å². The van der Waals surface area contributed by atoms with Gasteiger partial charge in [-0.05, 0) is 48.5 Å². The second-order valence-corrected chi connectivity index (χ2v) is 7.69. The SMILES string of the molecule is O=C1C(N(c2ccccc2)c2ccccc2)C(=O)C1N(c1ccccc1)c1ccccc1. The van der Waals surface area contributed by atoms with E-state index in [0.29, 0.717) is 0 Å². The summed E-state index contributed by atoms with van der Waals surface area (Å²) in [4.78, 5) is 31.0. The van der Waals surface area contributed by atoms with E-state index in [-0.39, 0.29) is 11.6 Å². The molecule has 0 spiro atoms. The maximum atomic E-state index is 13.6. The Balaban J connectivity index is 1.55. The summed E-state index contributed by atoms with van der Waals surface area (Å²) in [5, 5.41) is 0. The Labute approximate surface area is 187 Å². The van der Waals surface area contributed by atoms with Gasteiger partial charge in [0.05, 0.1) is 0 Å². The highest BCUT2D eigenvalue weighted by Gasteiger charge is 2.55. The summed E-state index contributed by atoms with van der Waals surface area (Å²) < 4.78 is 0. The van der Waals surface area contributed by atoms with E-state index in [1.807, 2.05) is 131 Å². The van der Waals surface area contributed by atoms with Gasteiger partial charge in [0.1, 0.15) is 0 Å². The molecular weight excluding hydrogens is 396 g/mol. The van der Waals surface area contributed by atoms with E-state index in [2.05, 4.69) is 0 Å². The molecule has 156 valence electrons. The molecule has 32 heavy (non-hydrogen) atoms. The number of anilines is 4. The highest BCUT2D eigenvalue weighted by molar-refractivity contribution is 6.34. The van der Waals surface area contributed by atoms with Gasteiger partial charge in [0.2, 0.25) is 0 Å². The first kappa shape index (κ1) is 19.8. The predicted octanol–water partition coefficient (Wildman–Crippen LogP) is 5.55. The van der Waals surface area contributed by atoms with Crippen LogP contribution in [-0.4, -0.2) is 23.7 Å². The molecule has 0 aliphatic heterocycles. The van der Waals surface area contributed by atoms with Crippen LogP contribution in [0, 0.1) is 0 Å². The highest BCUT2D eigenvalue weighted by Crippen LogP contribution is 2.38. The molecule has 1 aliphatic carbocycles. The van der Waals surface area contributed by atoms with Crippen molar-refractivity contribution >= 4 is 34.3 Å². The normalized spacial score (nSPS) is 17.5. The minimum Gasteiger partial charge on any atom is -0.324 e. The summed E-state index contributed by atoms with van der Waals surface area (Å²) in [6.07, 6.45) is 0. The first-order valence-electron chi connectivity index (χ1n) is 10.6. The minimum atomic E-state index is -0.861. The lowest BCUT2D eigenvalue weighted by molar-refractivity contribution is -0.141. The van der Waals surface area contributed by atoms with Crippen LogP contribution in [-0.2, 0) is 9.59 Å². The lowest BCUT2D eigenvalue weighted by Crippen LogP contribution is -2.69. The van der Waals surface area contributed by atoms with Crippen LogP contribution in [0.15, 0.2) is 121 Å². The van der Waals surface area contributed by atoms with Gasteiger partial charge in [0, 0.05) is 22.7 Å². The monoisotopic (exact) mass is 418 g/mol. The highest BCUT2D eigenvalue weighted by atomic mass is 16.2. The standard InChI is InChI=1S/C28H22N2O2/c31-27-25(29(21-13-5-1-6-14-21)22-15-7-2-8-16-22)28(32)26(27)30(23-17-9-3-10-18-23)24-19-11-4-12-20-24/h1-20,25-26H. The average molecular weight is 418 g/mol. The molecule has 4 aromatic rings.